The van der Waals surface area contributed by atoms with Gasteiger partial charge in [-0.15, -0.1) is 0 Å². The molecule has 0 unspecified atom stereocenters. The van der Waals surface area contributed by atoms with Crippen molar-refractivity contribution in [1.82, 2.24) is 9.97 Å². The zero-order chi connectivity index (χ0) is 30.6. The molecule has 6 aromatic rings. The highest BCUT2D eigenvalue weighted by molar-refractivity contribution is 6.09. The van der Waals surface area contributed by atoms with Crippen LogP contribution in [0.15, 0.2) is 108 Å². The van der Waals surface area contributed by atoms with E-state index in [4.69, 9.17) is 20.1 Å². The quantitative estimate of drug-likeness (QED) is 0.155. The standard InChI is InChI=1S/C29H21N5O2.C2HF3O2/c30-19-7-3-6-18(14-19)29(35)34-21-9-4-8-20(15-21)33-27-16-25(31-17-32-27)24-12-5-11-23-22-10-1-2-13-26(22)36-28(23)24;3-2(4,5)1(6)7/h1-17H,30H2,(H,34,35)(H,31,32,33);(H,6,7). The second-order valence-corrected chi connectivity index (χ2v) is 9.16. The summed E-state index contributed by atoms with van der Waals surface area (Å²) < 4.78 is 37.9. The third kappa shape index (κ3) is 6.70. The van der Waals surface area contributed by atoms with Crippen LogP contribution in [0.5, 0.6) is 0 Å². The van der Waals surface area contributed by atoms with E-state index in [-0.39, 0.29) is 5.91 Å². The first-order valence-electron chi connectivity index (χ1n) is 12.7. The molecule has 0 aliphatic carbocycles. The third-order valence-electron chi connectivity index (χ3n) is 6.13. The van der Waals surface area contributed by atoms with E-state index in [2.05, 4.69) is 32.7 Å². The molecule has 9 nitrogen and oxygen atoms in total. The Hall–Kier alpha value is -5.91. The number of carboxylic acids is 1. The van der Waals surface area contributed by atoms with Crippen molar-refractivity contribution in [3.8, 4) is 11.3 Å². The summed E-state index contributed by atoms with van der Waals surface area (Å²) in [5, 5.41) is 15.4. The molecule has 0 fully saturated rings. The highest BCUT2D eigenvalue weighted by Crippen LogP contribution is 2.35. The lowest BCUT2D eigenvalue weighted by Gasteiger charge is -2.10. The van der Waals surface area contributed by atoms with Crippen molar-refractivity contribution < 1.29 is 32.3 Å². The number of benzene rings is 4. The third-order valence-corrected chi connectivity index (χ3v) is 6.13. The van der Waals surface area contributed by atoms with Gasteiger partial charge in [-0.1, -0.05) is 42.5 Å². The molecular weight excluding hydrogens is 563 g/mol. The smallest absolute Gasteiger partial charge is 0.475 e. The number of nitrogen functional groups attached to an aromatic ring is 1. The summed E-state index contributed by atoms with van der Waals surface area (Å²) in [4.78, 5) is 30.4. The molecule has 0 saturated heterocycles. The van der Waals surface area contributed by atoms with E-state index in [9.17, 15) is 18.0 Å². The number of nitrogens with zero attached hydrogens (tertiary/aromatic N) is 2. The number of alkyl halides is 3. The number of carboxylic acid groups (broad SMARTS) is 1. The molecule has 5 N–H and O–H groups in total. The van der Waals surface area contributed by atoms with E-state index in [1.54, 1.807) is 24.3 Å². The average Bonchev–Trinajstić information content (AvgIpc) is 3.36. The normalized spacial score (nSPS) is 11.0. The minimum Gasteiger partial charge on any atom is -0.475 e. The molecule has 2 aromatic heterocycles. The number of nitrogens with two attached hydrogens (primary N) is 1. The van der Waals surface area contributed by atoms with Gasteiger partial charge in [0.05, 0.1) is 5.69 Å². The highest BCUT2D eigenvalue weighted by atomic mass is 19.4. The Morgan fingerprint density at radius 3 is 2.28 bits per heavy atom. The summed E-state index contributed by atoms with van der Waals surface area (Å²) in [6.45, 7) is 0. The molecular formula is C31H22F3N5O4. The number of carbonyl (C=O) groups excluding carboxylic acids is 1. The molecule has 12 heteroatoms. The molecule has 2 heterocycles. The Bertz CT molecular complexity index is 1960. The van der Waals surface area contributed by atoms with Crippen LogP contribution in [-0.4, -0.2) is 33.1 Å². The van der Waals surface area contributed by atoms with Crippen LogP contribution in [-0.2, 0) is 4.79 Å². The molecule has 6 rings (SSSR count). The van der Waals surface area contributed by atoms with Crippen molar-refractivity contribution in [3.05, 3.63) is 109 Å². The molecule has 0 saturated carbocycles. The first-order chi connectivity index (χ1) is 20.6. The van der Waals surface area contributed by atoms with Crippen LogP contribution in [0.4, 0.5) is 36.1 Å². The van der Waals surface area contributed by atoms with Crippen molar-refractivity contribution in [3.63, 3.8) is 0 Å². The number of amides is 1. The molecule has 0 atom stereocenters. The number of anilines is 4. The number of aromatic nitrogens is 2. The lowest BCUT2D eigenvalue weighted by Crippen LogP contribution is -2.21. The van der Waals surface area contributed by atoms with Crippen molar-refractivity contribution in [2.24, 2.45) is 0 Å². The van der Waals surface area contributed by atoms with Gasteiger partial charge in [0.15, 0.2) is 0 Å². The number of hydrogen-bond acceptors (Lipinski definition) is 7. The second kappa shape index (κ2) is 11.9. The van der Waals surface area contributed by atoms with Crippen LogP contribution in [0.1, 0.15) is 10.4 Å². The van der Waals surface area contributed by atoms with Gasteiger partial charge in [-0.3, -0.25) is 4.79 Å². The summed E-state index contributed by atoms with van der Waals surface area (Å²) in [7, 11) is 0. The van der Waals surface area contributed by atoms with Gasteiger partial charge in [0.2, 0.25) is 0 Å². The van der Waals surface area contributed by atoms with Crippen LogP contribution < -0.4 is 16.4 Å². The Labute approximate surface area is 241 Å². The fourth-order valence-corrected chi connectivity index (χ4v) is 4.23. The first-order valence-corrected chi connectivity index (χ1v) is 12.7. The summed E-state index contributed by atoms with van der Waals surface area (Å²) in [6.07, 6.45) is -3.56. The molecule has 1 amide bonds. The van der Waals surface area contributed by atoms with Crippen LogP contribution in [0.2, 0.25) is 0 Å². The number of fused-ring (bicyclic) bond motifs is 3. The van der Waals surface area contributed by atoms with Crippen molar-refractivity contribution in [1.29, 1.82) is 0 Å². The summed E-state index contributed by atoms with van der Waals surface area (Å²) in [5.41, 5.74) is 11.5. The number of para-hydroxylation sites is 2. The number of carbonyl (C=O) groups is 2. The number of hydrogen-bond donors (Lipinski definition) is 4. The van der Waals surface area contributed by atoms with Gasteiger partial charge in [-0.25, -0.2) is 14.8 Å². The zero-order valence-corrected chi connectivity index (χ0v) is 22.1. The van der Waals surface area contributed by atoms with Gasteiger partial charge < -0.3 is 25.9 Å². The average molecular weight is 586 g/mol. The van der Waals surface area contributed by atoms with Crippen molar-refractivity contribution in [2.75, 3.05) is 16.4 Å². The van der Waals surface area contributed by atoms with Gasteiger partial charge in [0.25, 0.3) is 5.91 Å². The minimum atomic E-state index is -5.08. The number of halogens is 3. The van der Waals surface area contributed by atoms with Gasteiger partial charge in [-0.05, 0) is 48.5 Å². The maximum absolute atomic E-state index is 12.6. The number of aliphatic carboxylic acids is 1. The first kappa shape index (κ1) is 28.6. The minimum absolute atomic E-state index is 0.234. The predicted molar refractivity (Wildman–Crippen MR) is 157 cm³/mol. The fraction of sp³-hybridized carbons (Fsp3) is 0.0323. The van der Waals surface area contributed by atoms with Crippen molar-refractivity contribution in [2.45, 2.75) is 6.18 Å². The van der Waals surface area contributed by atoms with Gasteiger partial charge in [0, 0.05) is 45.0 Å². The molecule has 0 bridgehead atoms. The molecule has 216 valence electrons. The van der Waals surface area contributed by atoms with Gasteiger partial charge in [-0.2, -0.15) is 13.2 Å². The monoisotopic (exact) mass is 585 g/mol. The lowest BCUT2D eigenvalue weighted by atomic mass is 10.1. The Morgan fingerprint density at radius 2 is 1.51 bits per heavy atom. The van der Waals surface area contributed by atoms with Crippen LogP contribution in [0.25, 0.3) is 33.2 Å². The Kier molecular flexibility index (Phi) is 7.92. The van der Waals surface area contributed by atoms with E-state index in [1.165, 1.54) is 6.33 Å². The molecule has 0 spiro atoms. The molecule has 43 heavy (non-hydrogen) atoms. The predicted octanol–water partition coefficient (Wildman–Crippen LogP) is 7.25. The number of nitrogens with one attached hydrogen (secondary N) is 2. The molecule has 0 aliphatic heterocycles. The Balaban J connectivity index is 0.000000472. The molecule has 4 aromatic carbocycles. The summed E-state index contributed by atoms with van der Waals surface area (Å²) in [6, 6.07) is 30.2. The molecule has 0 aliphatic rings. The lowest BCUT2D eigenvalue weighted by molar-refractivity contribution is -0.192. The highest BCUT2D eigenvalue weighted by Gasteiger charge is 2.38. The Morgan fingerprint density at radius 1 is 0.814 bits per heavy atom. The largest absolute Gasteiger partial charge is 0.490 e. The maximum Gasteiger partial charge on any atom is 0.490 e. The van der Waals surface area contributed by atoms with E-state index in [1.807, 2.05) is 60.7 Å². The van der Waals surface area contributed by atoms with E-state index in [0.717, 1.165) is 38.9 Å². The summed E-state index contributed by atoms with van der Waals surface area (Å²) in [5.74, 6) is -2.37. The number of rotatable bonds is 5. The SMILES string of the molecule is Nc1cccc(C(=O)Nc2cccc(Nc3cc(-c4cccc5c4oc4ccccc45)ncn3)c2)c1.O=C(O)C(F)(F)F. The number of furan rings is 1. The summed E-state index contributed by atoms with van der Waals surface area (Å²) >= 11 is 0. The topological polar surface area (TPSA) is 143 Å². The fourth-order valence-electron chi connectivity index (χ4n) is 4.23. The van der Waals surface area contributed by atoms with E-state index in [0.29, 0.717) is 22.8 Å². The molecule has 0 radical (unpaired) electrons. The van der Waals surface area contributed by atoms with E-state index >= 15 is 0 Å². The van der Waals surface area contributed by atoms with Crippen LogP contribution in [0, 0.1) is 0 Å². The van der Waals surface area contributed by atoms with Crippen molar-refractivity contribution >= 4 is 56.7 Å². The van der Waals surface area contributed by atoms with E-state index < -0.39 is 12.1 Å². The maximum atomic E-state index is 12.6. The zero-order valence-electron chi connectivity index (χ0n) is 22.1. The van der Waals surface area contributed by atoms with Crippen LogP contribution >= 0.6 is 0 Å². The van der Waals surface area contributed by atoms with Gasteiger partial charge >= 0.3 is 12.1 Å². The van der Waals surface area contributed by atoms with Crippen LogP contribution in [0.3, 0.4) is 0 Å². The second-order valence-electron chi connectivity index (χ2n) is 9.16. The van der Waals surface area contributed by atoms with Gasteiger partial charge in [0.1, 0.15) is 23.3 Å².